The molecule has 0 bridgehead atoms. The maximum atomic E-state index is 13.6. The number of aromatic nitrogens is 2. The van der Waals surface area contributed by atoms with Gasteiger partial charge in [0, 0.05) is 11.3 Å². The van der Waals surface area contributed by atoms with Crippen molar-refractivity contribution in [2.24, 2.45) is 0 Å². The first-order chi connectivity index (χ1) is 14.9. The Morgan fingerprint density at radius 1 is 0.903 bits per heavy atom. The smallest absolute Gasteiger partial charge is 0.332 e. The molecule has 5 rings (SSSR count). The monoisotopic (exact) mass is 432 g/mol. The van der Waals surface area contributed by atoms with Crippen LogP contribution in [0.15, 0.2) is 70.3 Å². The van der Waals surface area contributed by atoms with Crippen LogP contribution in [-0.2, 0) is 30.9 Å². The third-order valence-corrected chi connectivity index (χ3v) is 7.03. The van der Waals surface area contributed by atoms with Gasteiger partial charge in [0.2, 0.25) is 0 Å². The third kappa shape index (κ3) is 3.66. The largest absolute Gasteiger partial charge is 0.370 e. The lowest BCUT2D eigenvalue weighted by Gasteiger charge is -2.29. The summed E-state index contributed by atoms with van der Waals surface area (Å²) >= 11 is 1.51. The molecule has 6 heteroatoms. The molecule has 2 aromatic carbocycles. The number of hydrogen-bond acceptors (Lipinski definition) is 4. The number of benzene rings is 2. The van der Waals surface area contributed by atoms with Crippen LogP contribution in [0, 0.1) is 0 Å². The summed E-state index contributed by atoms with van der Waals surface area (Å²) in [5.41, 5.74) is 2.18. The summed E-state index contributed by atoms with van der Waals surface area (Å²) in [7, 11) is 0. The zero-order chi connectivity index (χ0) is 21.6. The summed E-state index contributed by atoms with van der Waals surface area (Å²) in [6.45, 7) is 5.24. The SMILES string of the molecule is CC1(C)Cc2c(sc3c2c(=O)n(Cc2ccccc2)c(=O)n3Cc2ccccc2)CO1. The lowest BCUT2D eigenvalue weighted by Crippen LogP contribution is -2.40. The van der Waals surface area contributed by atoms with Crippen molar-refractivity contribution in [3.05, 3.63) is 103 Å². The first-order valence-corrected chi connectivity index (χ1v) is 11.2. The van der Waals surface area contributed by atoms with Gasteiger partial charge in [-0.05, 0) is 30.5 Å². The van der Waals surface area contributed by atoms with Gasteiger partial charge in [0.25, 0.3) is 5.56 Å². The highest BCUT2D eigenvalue weighted by Gasteiger charge is 2.32. The fraction of sp³-hybridized carbons (Fsp3) is 0.280. The predicted octanol–water partition coefficient (Wildman–Crippen LogP) is 4.17. The molecule has 0 unspecified atom stereocenters. The quantitative estimate of drug-likeness (QED) is 0.486. The predicted molar refractivity (Wildman–Crippen MR) is 124 cm³/mol. The number of rotatable bonds is 4. The molecule has 0 saturated carbocycles. The standard InChI is InChI=1S/C25H24N2O3S/c1-25(2)13-19-20(16-30-25)31-23-21(19)22(28)26(14-17-9-5-3-6-10-17)24(29)27(23)15-18-11-7-4-8-12-18/h3-12H,13-16H2,1-2H3. The lowest BCUT2D eigenvalue weighted by atomic mass is 9.94. The minimum atomic E-state index is -0.335. The highest BCUT2D eigenvalue weighted by atomic mass is 32.1. The van der Waals surface area contributed by atoms with Crippen molar-refractivity contribution in [2.75, 3.05) is 0 Å². The van der Waals surface area contributed by atoms with E-state index in [0.717, 1.165) is 26.4 Å². The van der Waals surface area contributed by atoms with E-state index >= 15 is 0 Å². The zero-order valence-electron chi connectivity index (χ0n) is 17.6. The van der Waals surface area contributed by atoms with Gasteiger partial charge in [0.05, 0.1) is 30.7 Å². The normalized spacial score (nSPS) is 15.2. The van der Waals surface area contributed by atoms with Crippen LogP contribution in [0.3, 0.4) is 0 Å². The molecule has 1 aliphatic heterocycles. The van der Waals surface area contributed by atoms with Crippen molar-refractivity contribution >= 4 is 21.6 Å². The summed E-state index contributed by atoms with van der Waals surface area (Å²) in [5, 5.41) is 0.669. The number of hydrogen-bond donors (Lipinski definition) is 0. The zero-order valence-corrected chi connectivity index (χ0v) is 18.4. The topological polar surface area (TPSA) is 53.2 Å². The van der Waals surface area contributed by atoms with E-state index in [4.69, 9.17) is 4.74 Å². The van der Waals surface area contributed by atoms with Gasteiger partial charge in [-0.1, -0.05) is 60.7 Å². The van der Waals surface area contributed by atoms with Crippen molar-refractivity contribution in [3.8, 4) is 0 Å². The van der Waals surface area contributed by atoms with Crippen molar-refractivity contribution in [1.29, 1.82) is 0 Å². The van der Waals surface area contributed by atoms with Gasteiger partial charge < -0.3 is 4.74 Å². The molecule has 5 nitrogen and oxygen atoms in total. The molecule has 0 fully saturated rings. The molecular formula is C25H24N2O3S. The summed E-state index contributed by atoms with van der Waals surface area (Å²) < 4.78 is 9.13. The van der Waals surface area contributed by atoms with Crippen LogP contribution in [0.2, 0.25) is 0 Å². The van der Waals surface area contributed by atoms with Crippen LogP contribution < -0.4 is 11.2 Å². The second-order valence-corrected chi connectivity index (χ2v) is 9.72. The molecule has 158 valence electrons. The Hall–Kier alpha value is -2.96. The summed E-state index contributed by atoms with van der Waals surface area (Å²) in [4.78, 5) is 29.0. The molecular weight excluding hydrogens is 408 g/mol. The van der Waals surface area contributed by atoms with E-state index in [-0.39, 0.29) is 23.4 Å². The maximum absolute atomic E-state index is 13.6. The van der Waals surface area contributed by atoms with Gasteiger partial charge in [-0.15, -0.1) is 11.3 Å². The van der Waals surface area contributed by atoms with Crippen LogP contribution in [0.1, 0.15) is 35.4 Å². The summed E-state index contributed by atoms with van der Waals surface area (Å²) in [6, 6.07) is 19.6. The van der Waals surface area contributed by atoms with Gasteiger partial charge in [-0.3, -0.25) is 13.9 Å². The van der Waals surface area contributed by atoms with Gasteiger partial charge in [-0.25, -0.2) is 4.79 Å². The van der Waals surface area contributed by atoms with E-state index in [1.165, 1.54) is 15.9 Å². The van der Waals surface area contributed by atoms with E-state index < -0.39 is 0 Å². The van der Waals surface area contributed by atoms with Crippen LogP contribution in [0.4, 0.5) is 0 Å². The van der Waals surface area contributed by atoms with Crippen LogP contribution in [0.25, 0.3) is 10.2 Å². The third-order valence-electron chi connectivity index (χ3n) is 5.80. The van der Waals surface area contributed by atoms with Gasteiger partial charge in [0.15, 0.2) is 0 Å². The van der Waals surface area contributed by atoms with E-state index in [1.54, 1.807) is 4.57 Å². The fourth-order valence-electron chi connectivity index (χ4n) is 4.21. The molecule has 3 heterocycles. The minimum absolute atomic E-state index is 0.205. The second kappa shape index (κ2) is 7.62. The first-order valence-electron chi connectivity index (χ1n) is 10.4. The fourth-order valence-corrected chi connectivity index (χ4v) is 5.43. The molecule has 0 saturated heterocycles. The maximum Gasteiger partial charge on any atom is 0.332 e. The van der Waals surface area contributed by atoms with Crippen molar-refractivity contribution in [1.82, 2.24) is 9.13 Å². The molecule has 0 amide bonds. The average Bonchev–Trinajstić information content (AvgIpc) is 3.13. The molecule has 4 aromatic rings. The Kier molecular flexibility index (Phi) is 4.91. The molecule has 0 spiro atoms. The first kappa shape index (κ1) is 20.0. The Bertz CT molecular complexity index is 1370. The average molecular weight is 433 g/mol. The van der Waals surface area contributed by atoms with Crippen LogP contribution in [-0.4, -0.2) is 14.7 Å². The van der Waals surface area contributed by atoms with Crippen molar-refractivity contribution in [2.45, 2.75) is 45.6 Å². The highest BCUT2D eigenvalue weighted by Crippen LogP contribution is 2.37. The van der Waals surface area contributed by atoms with Gasteiger partial charge in [0.1, 0.15) is 4.83 Å². The minimum Gasteiger partial charge on any atom is -0.370 e. The van der Waals surface area contributed by atoms with Crippen LogP contribution in [0.5, 0.6) is 0 Å². The van der Waals surface area contributed by atoms with Crippen molar-refractivity contribution in [3.63, 3.8) is 0 Å². The van der Waals surface area contributed by atoms with Gasteiger partial charge in [-0.2, -0.15) is 0 Å². The Labute approximate surface area is 184 Å². The van der Waals surface area contributed by atoms with E-state index in [9.17, 15) is 9.59 Å². The molecule has 0 atom stereocenters. The lowest BCUT2D eigenvalue weighted by molar-refractivity contribution is -0.0379. The molecule has 1 aliphatic rings. The Morgan fingerprint density at radius 3 is 2.10 bits per heavy atom. The number of nitrogens with zero attached hydrogens (tertiary/aromatic N) is 2. The second-order valence-electron chi connectivity index (χ2n) is 8.64. The molecule has 0 radical (unpaired) electrons. The number of thiophene rings is 1. The molecule has 0 aliphatic carbocycles. The molecule has 2 aromatic heterocycles. The van der Waals surface area contributed by atoms with E-state index in [2.05, 4.69) is 0 Å². The highest BCUT2D eigenvalue weighted by molar-refractivity contribution is 7.18. The van der Waals surface area contributed by atoms with Crippen LogP contribution >= 0.6 is 11.3 Å². The van der Waals surface area contributed by atoms with Gasteiger partial charge >= 0.3 is 5.69 Å². The number of ether oxygens (including phenoxy) is 1. The van der Waals surface area contributed by atoms with E-state index in [1.807, 2.05) is 74.5 Å². The van der Waals surface area contributed by atoms with E-state index in [0.29, 0.717) is 25.0 Å². The summed E-state index contributed by atoms with van der Waals surface area (Å²) in [5.74, 6) is 0. The Morgan fingerprint density at radius 2 is 1.48 bits per heavy atom. The summed E-state index contributed by atoms with van der Waals surface area (Å²) in [6.07, 6.45) is 0.659. The number of fused-ring (bicyclic) bond motifs is 3. The molecule has 31 heavy (non-hydrogen) atoms. The van der Waals surface area contributed by atoms with Crippen molar-refractivity contribution < 1.29 is 4.74 Å². The molecule has 0 N–H and O–H groups in total. The Balaban J connectivity index is 1.76.